The van der Waals surface area contributed by atoms with Gasteiger partial charge in [-0.3, -0.25) is 0 Å². The van der Waals surface area contributed by atoms with Gasteiger partial charge in [0.25, 0.3) is 0 Å². The molecule has 0 fully saturated rings. The Morgan fingerprint density at radius 1 is 0.825 bits per heavy atom. The summed E-state index contributed by atoms with van der Waals surface area (Å²) in [5.74, 6) is -1.06. The Morgan fingerprint density at radius 2 is 1.32 bits per heavy atom. The van der Waals surface area contributed by atoms with Crippen molar-refractivity contribution in [1.82, 2.24) is 0 Å². The van der Waals surface area contributed by atoms with Crippen LogP contribution in [-0.2, 0) is 36.6 Å². The molecule has 3 N–H and O–H groups in total. The smallest absolute Gasteiger partial charge is 0.336 e. The zero-order chi connectivity index (χ0) is 29.7. The molecule has 40 heavy (non-hydrogen) atoms. The van der Waals surface area contributed by atoms with Gasteiger partial charge in [0.15, 0.2) is 5.60 Å². The average molecular weight is 590 g/mol. The standard InChI is InChI=1S/C31H51NO6Si2/c1-39(2,3)19-17-35-24-37-29(28(32)21-26-13-9-7-10-14-26)23-31(30(33)34,22-27-15-11-8-12-16-27)38-25-36-18-20-40(4,5)6/h7-16,28-29H,17-25,32H2,1-6H3,(H,33,34). The van der Waals surface area contributed by atoms with Gasteiger partial charge in [-0.05, 0) is 29.6 Å². The lowest BCUT2D eigenvalue weighted by Crippen LogP contribution is -2.51. The fourth-order valence-electron chi connectivity index (χ4n) is 4.17. The van der Waals surface area contributed by atoms with Crippen molar-refractivity contribution in [3.63, 3.8) is 0 Å². The molecule has 3 unspecified atom stereocenters. The van der Waals surface area contributed by atoms with E-state index in [0.29, 0.717) is 19.6 Å². The number of carbonyl (C=O) groups is 1. The second-order valence-corrected chi connectivity index (χ2v) is 24.3. The summed E-state index contributed by atoms with van der Waals surface area (Å²) in [5, 5.41) is 10.6. The lowest BCUT2D eigenvalue weighted by Gasteiger charge is -2.35. The first-order chi connectivity index (χ1) is 18.8. The summed E-state index contributed by atoms with van der Waals surface area (Å²) in [6.45, 7) is 14.8. The van der Waals surface area contributed by atoms with Crippen LogP contribution in [-0.4, -0.2) is 71.8 Å². The highest BCUT2D eigenvalue weighted by atomic mass is 28.3. The number of nitrogens with two attached hydrogens (primary N) is 1. The fourth-order valence-corrected chi connectivity index (χ4v) is 5.69. The molecular formula is C31H51NO6Si2. The maximum Gasteiger partial charge on any atom is 0.336 e. The van der Waals surface area contributed by atoms with E-state index in [1.54, 1.807) is 0 Å². The molecule has 3 atom stereocenters. The Morgan fingerprint density at radius 3 is 1.82 bits per heavy atom. The predicted molar refractivity (Wildman–Crippen MR) is 167 cm³/mol. The highest BCUT2D eigenvalue weighted by molar-refractivity contribution is 6.76. The number of rotatable bonds is 20. The molecule has 0 heterocycles. The predicted octanol–water partition coefficient (Wildman–Crippen LogP) is 6.04. The molecule has 2 aromatic carbocycles. The van der Waals surface area contributed by atoms with Crippen LogP contribution in [0.2, 0.25) is 51.4 Å². The average Bonchev–Trinajstić information content (AvgIpc) is 2.87. The van der Waals surface area contributed by atoms with E-state index in [-0.39, 0.29) is 26.4 Å². The van der Waals surface area contributed by atoms with Crippen LogP contribution in [0.4, 0.5) is 0 Å². The molecule has 224 valence electrons. The Balaban J connectivity index is 2.25. The van der Waals surface area contributed by atoms with Gasteiger partial charge in [0.1, 0.15) is 13.6 Å². The molecule has 9 heteroatoms. The second kappa shape index (κ2) is 16.6. The van der Waals surface area contributed by atoms with E-state index < -0.39 is 39.9 Å². The maximum absolute atomic E-state index is 13.0. The first-order valence-electron chi connectivity index (χ1n) is 14.3. The minimum atomic E-state index is -1.59. The van der Waals surface area contributed by atoms with Crippen LogP contribution in [0.1, 0.15) is 17.5 Å². The molecule has 0 amide bonds. The van der Waals surface area contributed by atoms with E-state index in [0.717, 1.165) is 23.2 Å². The molecule has 0 radical (unpaired) electrons. The largest absolute Gasteiger partial charge is 0.479 e. The van der Waals surface area contributed by atoms with Crippen LogP contribution in [0.5, 0.6) is 0 Å². The van der Waals surface area contributed by atoms with Crippen LogP contribution in [0, 0.1) is 0 Å². The molecule has 2 rings (SSSR count). The third-order valence-electron chi connectivity index (χ3n) is 6.82. The van der Waals surface area contributed by atoms with Crippen LogP contribution >= 0.6 is 0 Å². The first-order valence-corrected chi connectivity index (χ1v) is 21.7. The normalized spacial score (nSPS) is 15.4. The van der Waals surface area contributed by atoms with E-state index in [9.17, 15) is 9.90 Å². The Bertz CT molecular complexity index is 981. The Hall–Kier alpha value is -1.86. The van der Waals surface area contributed by atoms with E-state index in [1.807, 2.05) is 60.7 Å². The van der Waals surface area contributed by atoms with E-state index in [2.05, 4.69) is 39.3 Å². The van der Waals surface area contributed by atoms with Gasteiger partial charge >= 0.3 is 5.97 Å². The molecule has 7 nitrogen and oxygen atoms in total. The van der Waals surface area contributed by atoms with Crippen LogP contribution in [0.3, 0.4) is 0 Å². The molecule has 0 aliphatic rings. The van der Waals surface area contributed by atoms with Crippen LogP contribution in [0.25, 0.3) is 0 Å². The van der Waals surface area contributed by atoms with Gasteiger partial charge in [-0.1, -0.05) is 99.9 Å². The number of aliphatic carboxylic acids is 1. The summed E-state index contributed by atoms with van der Waals surface area (Å²) in [6.07, 6.45) is 0.136. The Kier molecular flexibility index (Phi) is 14.2. The van der Waals surface area contributed by atoms with Gasteiger partial charge in [0.05, 0.1) is 6.10 Å². The van der Waals surface area contributed by atoms with Crippen LogP contribution in [0.15, 0.2) is 60.7 Å². The number of carboxylic acids is 1. The van der Waals surface area contributed by atoms with E-state index >= 15 is 0 Å². The van der Waals surface area contributed by atoms with Crippen molar-refractivity contribution in [1.29, 1.82) is 0 Å². The van der Waals surface area contributed by atoms with E-state index in [4.69, 9.17) is 24.7 Å². The van der Waals surface area contributed by atoms with Crippen molar-refractivity contribution in [3.8, 4) is 0 Å². The summed E-state index contributed by atoms with van der Waals surface area (Å²) in [6, 6.07) is 21.0. The van der Waals surface area contributed by atoms with E-state index in [1.165, 1.54) is 0 Å². The minimum absolute atomic E-state index is 0.0470. The van der Waals surface area contributed by atoms with Crippen molar-refractivity contribution in [3.05, 3.63) is 71.8 Å². The van der Waals surface area contributed by atoms with Gasteiger partial charge in [0, 0.05) is 48.2 Å². The number of ether oxygens (including phenoxy) is 4. The Labute approximate surface area is 243 Å². The lowest BCUT2D eigenvalue weighted by atomic mass is 9.85. The lowest BCUT2D eigenvalue weighted by molar-refractivity contribution is -0.197. The quantitative estimate of drug-likeness (QED) is 0.110. The molecule has 0 saturated heterocycles. The molecule has 2 aromatic rings. The van der Waals surface area contributed by atoms with Crippen molar-refractivity contribution in [2.45, 2.75) is 88.4 Å². The topological polar surface area (TPSA) is 100 Å². The van der Waals surface area contributed by atoms with Crippen molar-refractivity contribution in [2.75, 3.05) is 26.8 Å². The first kappa shape index (κ1) is 34.3. The highest BCUT2D eigenvalue weighted by Crippen LogP contribution is 2.28. The third kappa shape index (κ3) is 13.7. The molecule has 0 spiro atoms. The molecule has 0 aromatic heterocycles. The van der Waals surface area contributed by atoms with Gasteiger partial charge in [-0.2, -0.15) is 0 Å². The number of carboxylic acid groups (broad SMARTS) is 1. The molecule has 0 aliphatic heterocycles. The second-order valence-electron chi connectivity index (χ2n) is 13.0. The van der Waals surface area contributed by atoms with Gasteiger partial charge in [0.2, 0.25) is 0 Å². The van der Waals surface area contributed by atoms with Gasteiger partial charge in [-0.25, -0.2) is 4.79 Å². The zero-order valence-electron chi connectivity index (χ0n) is 25.4. The monoisotopic (exact) mass is 589 g/mol. The summed E-state index contributed by atoms with van der Waals surface area (Å²) >= 11 is 0. The summed E-state index contributed by atoms with van der Waals surface area (Å²) in [5.41, 5.74) is 7.04. The molecule has 0 saturated carbocycles. The molecule has 0 bridgehead atoms. The zero-order valence-corrected chi connectivity index (χ0v) is 27.4. The van der Waals surface area contributed by atoms with Gasteiger partial charge < -0.3 is 29.8 Å². The SMILES string of the molecule is C[Si](C)(C)CCOCOC(CC(Cc1ccccc1)(OCOCC[Si](C)(C)C)C(=O)O)C(N)Cc1ccccc1. The highest BCUT2D eigenvalue weighted by Gasteiger charge is 2.44. The third-order valence-corrected chi connectivity index (χ3v) is 10.2. The fraction of sp³-hybridized carbons (Fsp3) is 0.581. The molecule has 0 aliphatic carbocycles. The summed E-state index contributed by atoms with van der Waals surface area (Å²) < 4.78 is 24.0. The summed E-state index contributed by atoms with van der Waals surface area (Å²) in [7, 11) is -2.54. The van der Waals surface area contributed by atoms with Crippen LogP contribution < -0.4 is 5.73 Å². The minimum Gasteiger partial charge on any atom is -0.479 e. The molecular weight excluding hydrogens is 539 g/mol. The maximum atomic E-state index is 13.0. The number of hydrogen-bond acceptors (Lipinski definition) is 6. The van der Waals surface area contributed by atoms with Crippen molar-refractivity contribution >= 4 is 22.1 Å². The summed E-state index contributed by atoms with van der Waals surface area (Å²) in [4.78, 5) is 13.0. The van der Waals surface area contributed by atoms with Gasteiger partial charge in [-0.15, -0.1) is 0 Å². The van der Waals surface area contributed by atoms with Crippen molar-refractivity contribution < 1.29 is 28.8 Å². The van der Waals surface area contributed by atoms with Crippen molar-refractivity contribution in [2.24, 2.45) is 5.73 Å². The number of benzene rings is 2. The number of hydrogen-bond donors (Lipinski definition) is 2.